The van der Waals surface area contributed by atoms with E-state index in [1.807, 2.05) is 50.2 Å². The monoisotopic (exact) mass is 692 g/mol. The lowest BCUT2D eigenvalue weighted by Gasteiger charge is -2.29. The van der Waals surface area contributed by atoms with Crippen molar-refractivity contribution in [3.05, 3.63) is 65.7 Å². The van der Waals surface area contributed by atoms with Gasteiger partial charge in [0.05, 0.1) is 25.7 Å². The SMILES string of the molecule is COCCN1CC(=O)N[C@@H](Cc2ccccc2)C(=O)N[C@H]2CN(C(=O)CNC(C)=O)C[C@@H]2c2cccc(c2)OCC(=O)N[C@H](CC(C)C)C1=O. The Morgan fingerprint density at radius 3 is 2.40 bits per heavy atom. The maximum absolute atomic E-state index is 14.1. The molecule has 270 valence electrons. The standard InChI is InChI=1S/C36H48N6O8/c1-23(2)15-30-36(48)41(13-14-49-4)21-32(44)38-29(16-25-9-6-5-7-10-25)35(47)40-31-20-42(34(46)18-37-24(3)43)19-28(31)26-11-8-12-27(17-26)50-22-33(45)39-30/h5-12,17,23,28-31H,13-16,18-22H2,1-4H3,(H,37,43)(H,38,44)(H,39,45)(H,40,47)/t28-,29+,30-,31+/m1/s1. The molecule has 6 amide bonds. The molecule has 2 aliphatic rings. The molecule has 4 rings (SSSR count). The van der Waals surface area contributed by atoms with E-state index >= 15 is 0 Å². The number of methoxy groups -OCH3 is 1. The third-order valence-electron chi connectivity index (χ3n) is 8.63. The number of carbonyl (C=O) groups excluding carboxylic acids is 6. The predicted molar refractivity (Wildman–Crippen MR) is 184 cm³/mol. The fourth-order valence-electron chi connectivity index (χ4n) is 6.16. The molecule has 0 spiro atoms. The van der Waals surface area contributed by atoms with Crippen LogP contribution in [0, 0.1) is 5.92 Å². The van der Waals surface area contributed by atoms with E-state index < -0.39 is 41.8 Å². The number of hydrogen-bond acceptors (Lipinski definition) is 8. The molecule has 4 atom stereocenters. The molecule has 0 radical (unpaired) electrons. The van der Waals surface area contributed by atoms with Crippen LogP contribution in [0.4, 0.5) is 0 Å². The Bertz CT molecular complexity index is 1520. The van der Waals surface area contributed by atoms with Crippen molar-refractivity contribution in [1.29, 1.82) is 0 Å². The van der Waals surface area contributed by atoms with Gasteiger partial charge in [-0.25, -0.2) is 0 Å². The van der Waals surface area contributed by atoms with Crippen LogP contribution in [0.5, 0.6) is 5.75 Å². The highest BCUT2D eigenvalue weighted by Gasteiger charge is 2.39. The molecule has 0 aromatic heterocycles. The van der Waals surface area contributed by atoms with Crippen molar-refractivity contribution < 1.29 is 38.2 Å². The summed E-state index contributed by atoms with van der Waals surface area (Å²) in [6.07, 6.45) is 0.493. The molecule has 2 bridgehead atoms. The van der Waals surface area contributed by atoms with Gasteiger partial charge in [-0.15, -0.1) is 0 Å². The molecule has 14 nitrogen and oxygen atoms in total. The zero-order valence-electron chi connectivity index (χ0n) is 29.1. The number of nitrogens with zero attached hydrogens (tertiary/aromatic N) is 2. The normalized spacial score (nSPS) is 22.0. The number of nitrogens with one attached hydrogen (secondary N) is 4. The number of benzene rings is 2. The molecule has 2 aliphatic heterocycles. The highest BCUT2D eigenvalue weighted by atomic mass is 16.5. The van der Waals surface area contributed by atoms with E-state index in [1.54, 1.807) is 23.1 Å². The van der Waals surface area contributed by atoms with Crippen molar-refractivity contribution in [3.8, 4) is 5.75 Å². The van der Waals surface area contributed by atoms with Crippen LogP contribution in [0.3, 0.4) is 0 Å². The second kappa shape index (κ2) is 18.1. The average Bonchev–Trinajstić information content (AvgIpc) is 3.51. The van der Waals surface area contributed by atoms with Crippen LogP contribution in [0.2, 0.25) is 0 Å². The van der Waals surface area contributed by atoms with E-state index in [0.717, 1.165) is 11.1 Å². The average molecular weight is 693 g/mol. The fraction of sp³-hybridized carbons (Fsp3) is 0.500. The summed E-state index contributed by atoms with van der Waals surface area (Å²) >= 11 is 0. The Labute approximate surface area is 292 Å². The first-order valence-electron chi connectivity index (χ1n) is 16.9. The number of hydrogen-bond donors (Lipinski definition) is 4. The summed E-state index contributed by atoms with van der Waals surface area (Å²) in [6, 6.07) is 13.8. The van der Waals surface area contributed by atoms with E-state index in [4.69, 9.17) is 9.47 Å². The molecular formula is C36H48N6O8. The van der Waals surface area contributed by atoms with E-state index in [0.29, 0.717) is 12.2 Å². The zero-order valence-corrected chi connectivity index (χ0v) is 29.1. The first-order chi connectivity index (χ1) is 23.9. The quantitative estimate of drug-likeness (QED) is 0.291. The maximum atomic E-state index is 14.1. The molecule has 0 saturated carbocycles. The second-order valence-electron chi connectivity index (χ2n) is 13.1. The lowest BCUT2D eigenvalue weighted by molar-refractivity contribution is -0.141. The molecule has 50 heavy (non-hydrogen) atoms. The molecular weight excluding hydrogens is 644 g/mol. The third kappa shape index (κ3) is 11.0. The minimum absolute atomic E-state index is 0.0424. The number of ether oxygens (including phenoxy) is 2. The zero-order chi connectivity index (χ0) is 36.2. The number of likely N-dealkylation sites (tertiary alicyclic amines) is 1. The third-order valence-corrected chi connectivity index (χ3v) is 8.63. The van der Waals surface area contributed by atoms with Crippen molar-refractivity contribution in [1.82, 2.24) is 31.1 Å². The smallest absolute Gasteiger partial charge is 0.258 e. The first-order valence-corrected chi connectivity index (χ1v) is 16.9. The van der Waals surface area contributed by atoms with Crippen LogP contribution in [-0.2, 0) is 39.9 Å². The van der Waals surface area contributed by atoms with Gasteiger partial charge >= 0.3 is 0 Å². The van der Waals surface area contributed by atoms with Gasteiger partial charge in [0, 0.05) is 46.0 Å². The minimum atomic E-state index is -1.02. The highest BCUT2D eigenvalue weighted by molar-refractivity contribution is 5.93. The van der Waals surface area contributed by atoms with Gasteiger partial charge in [0.1, 0.15) is 17.8 Å². The van der Waals surface area contributed by atoms with Gasteiger partial charge in [-0.3, -0.25) is 28.8 Å². The Morgan fingerprint density at radius 1 is 0.960 bits per heavy atom. The van der Waals surface area contributed by atoms with Crippen LogP contribution in [0.1, 0.15) is 44.2 Å². The number of carbonyl (C=O) groups is 6. The van der Waals surface area contributed by atoms with Crippen molar-refractivity contribution >= 4 is 35.4 Å². The summed E-state index contributed by atoms with van der Waals surface area (Å²) in [6.45, 7) is 4.89. The largest absolute Gasteiger partial charge is 0.484 e. The minimum Gasteiger partial charge on any atom is -0.484 e. The molecule has 2 aromatic rings. The Balaban J connectivity index is 1.71. The molecule has 0 unspecified atom stereocenters. The van der Waals surface area contributed by atoms with Crippen molar-refractivity contribution in [2.75, 3.05) is 53.0 Å². The van der Waals surface area contributed by atoms with Gasteiger partial charge in [-0.05, 0) is 35.6 Å². The van der Waals surface area contributed by atoms with Crippen LogP contribution in [0.15, 0.2) is 54.6 Å². The Morgan fingerprint density at radius 2 is 1.70 bits per heavy atom. The Hall–Kier alpha value is -4.98. The second-order valence-corrected chi connectivity index (χ2v) is 13.1. The van der Waals surface area contributed by atoms with E-state index in [-0.39, 0.29) is 76.0 Å². The van der Waals surface area contributed by atoms with Gasteiger partial charge < -0.3 is 40.5 Å². The van der Waals surface area contributed by atoms with Crippen molar-refractivity contribution in [2.45, 2.75) is 57.7 Å². The van der Waals surface area contributed by atoms with Gasteiger partial charge in [-0.1, -0.05) is 56.3 Å². The summed E-state index contributed by atoms with van der Waals surface area (Å²) in [4.78, 5) is 82.2. The number of rotatable bonds is 9. The van der Waals surface area contributed by atoms with Gasteiger partial charge in [0.2, 0.25) is 29.5 Å². The molecule has 1 saturated heterocycles. The fourth-order valence-corrected chi connectivity index (χ4v) is 6.16. The van der Waals surface area contributed by atoms with Gasteiger partial charge in [0.25, 0.3) is 5.91 Å². The van der Waals surface area contributed by atoms with E-state index in [1.165, 1.54) is 18.9 Å². The summed E-state index contributed by atoms with van der Waals surface area (Å²) in [5.41, 5.74) is 1.57. The van der Waals surface area contributed by atoms with Gasteiger partial charge in [-0.2, -0.15) is 0 Å². The predicted octanol–water partition coefficient (Wildman–Crippen LogP) is 0.359. The lowest BCUT2D eigenvalue weighted by Crippen LogP contribution is -2.56. The van der Waals surface area contributed by atoms with Crippen molar-refractivity contribution in [3.63, 3.8) is 0 Å². The van der Waals surface area contributed by atoms with Crippen LogP contribution < -0.4 is 26.0 Å². The molecule has 2 aromatic carbocycles. The first kappa shape index (κ1) is 37.8. The van der Waals surface area contributed by atoms with Gasteiger partial charge in [0.15, 0.2) is 6.61 Å². The summed E-state index contributed by atoms with van der Waals surface area (Å²) < 4.78 is 11.1. The maximum Gasteiger partial charge on any atom is 0.258 e. The van der Waals surface area contributed by atoms with E-state index in [9.17, 15) is 28.8 Å². The molecule has 0 aliphatic carbocycles. The number of amides is 6. The lowest BCUT2D eigenvalue weighted by atomic mass is 9.93. The summed E-state index contributed by atoms with van der Waals surface area (Å²) in [5, 5.41) is 11.2. The topological polar surface area (TPSA) is 175 Å². The summed E-state index contributed by atoms with van der Waals surface area (Å²) in [5.74, 6) is -2.56. The van der Waals surface area contributed by atoms with E-state index in [2.05, 4.69) is 21.3 Å². The molecule has 1 fully saturated rings. The highest BCUT2D eigenvalue weighted by Crippen LogP contribution is 2.30. The molecule has 2 heterocycles. The van der Waals surface area contributed by atoms with Crippen LogP contribution >= 0.6 is 0 Å². The summed E-state index contributed by atoms with van der Waals surface area (Å²) in [7, 11) is 1.48. The molecule has 14 heteroatoms. The Kier molecular flexibility index (Phi) is 13.7. The number of fused-ring (bicyclic) bond motifs is 4. The molecule has 4 N–H and O–H groups in total. The van der Waals surface area contributed by atoms with Crippen LogP contribution in [-0.4, -0.2) is 116 Å². The van der Waals surface area contributed by atoms with Crippen LogP contribution in [0.25, 0.3) is 0 Å². The van der Waals surface area contributed by atoms with Crippen molar-refractivity contribution in [2.24, 2.45) is 5.92 Å².